The summed E-state index contributed by atoms with van der Waals surface area (Å²) >= 11 is 1.47. The molecule has 3 amide bonds. The molecule has 0 aromatic carbocycles. The van der Waals surface area contributed by atoms with Crippen LogP contribution in [0.1, 0.15) is 26.2 Å². The highest BCUT2D eigenvalue weighted by Gasteiger charge is 2.32. The molecule has 14 heteroatoms. The number of carboxylic acid groups (broad SMARTS) is 2. The van der Waals surface area contributed by atoms with Crippen LogP contribution < -0.4 is 21.7 Å². The zero-order chi connectivity index (χ0) is 24.1. The average Bonchev–Trinajstić information content (AvgIpc) is 2.69. The summed E-state index contributed by atoms with van der Waals surface area (Å²) in [6.45, 7) is 0.333. The third kappa shape index (κ3) is 11.0. The van der Waals surface area contributed by atoms with Crippen LogP contribution >= 0.6 is 11.8 Å². The fraction of sp³-hybridized carbons (Fsp3) is 0.706. The topological polar surface area (TPSA) is 228 Å². The smallest absolute Gasteiger partial charge is 0.326 e. The minimum Gasteiger partial charge on any atom is -0.481 e. The van der Waals surface area contributed by atoms with Crippen LogP contribution in [0.5, 0.6) is 0 Å². The first kappa shape index (κ1) is 28.6. The first-order chi connectivity index (χ1) is 14.4. The molecule has 0 aromatic heterocycles. The van der Waals surface area contributed by atoms with Gasteiger partial charge in [-0.05, 0) is 31.8 Å². The quantitative estimate of drug-likeness (QED) is 0.120. The number of rotatable bonds is 15. The fourth-order valence-corrected chi connectivity index (χ4v) is 2.78. The van der Waals surface area contributed by atoms with E-state index in [1.807, 2.05) is 11.6 Å². The second-order valence-corrected chi connectivity index (χ2v) is 7.68. The van der Waals surface area contributed by atoms with Crippen molar-refractivity contribution >= 4 is 41.4 Å². The number of nitrogens with two attached hydrogens (primary N) is 1. The minimum absolute atomic E-state index is 0.332. The van der Waals surface area contributed by atoms with Crippen molar-refractivity contribution in [3.8, 4) is 0 Å². The third-order valence-corrected chi connectivity index (χ3v) is 4.75. The molecule has 5 unspecified atom stereocenters. The standard InChI is InChI=1S/C17H30N4O9S/c1-8(23)13(16(28)19-10(17(29)30)3-4-12(24)25)21-15(27)11(7-22)20-14(26)9(18)5-6-31-2/h8-11,13,22-23H,3-7,18H2,1-2H3,(H,19,28)(H,20,26)(H,21,27)(H,24,25)(H,29,30). The van der Waals surface area contributed by atoms with Crippen LogP contribution in [0.2, 0.25) is 0 Å². The van der Waals surface area contributed by atoms with Gasteiger partial charge in [-0.25, -0.2) is 4.79 Å². The number of aliphatic carboxylic acids is 2. The van der Waals surface area contributed by atoms with E-state index in [-0.39, 0.29) is 0 Å². The normalized spacial score (nSPS) is 15.6. The third-order valence-electron chi connectivity index (χ3n) is 4.11. The molecule has 0 radical (unpaired) electrons. The number of carbonyl (C=O) groups excluding carboxylic acids is 3. The molecule has 178 valence electrons. The second kappa shape index (κ2) is 14.6. The molecule has 0 saturated carbocycles. The van der Waals surface area contributed by atoms with Gasteiger partial charge in [-0.15, -0.1) is 0 Å². The van der Waals surface area contributed by atoms with Crippen molar-refractivity contribution in [2.75, 3.05) is 18.6 Å². The van der Waals surface area contributed by atoms with Crippen molar-refractivity contribution in [3.63, 3.8) is 0 Å². The molecule has 13 nitrogen and oxygen atoms in total. The van der Waals surface area contributed by atoms with Gasteiger partial charge in [0.15, 0.2) is 0 Å². The summed E-state index contributed by atoms with van der Waals surface area (Å²) in [5.41, 5.74) is 5.70. The maximum Gasteiger partial charge on any atom is 0.326 e. The summed E-state index contributed by atoms with van der Waals surface area (Å²) in [6.07, 6.45) is -0.264. The van der Waals surface area contributed by atoms with E-state index < -0.39 is 79.4 Å². The van der Waals surface area contributed by atoms with E-state index in [2.05, 4.69) is 10.6 Å². The Labute approximate surface area is 183 Å². The van der Waals surface area contributed by atoms with Gasteiger partial charge in [0.25, 0.3) is 0 Å². The number of carbonyl (C=O) groups is 5. The van der Waals surface area contributed by atoms with Crippen LogP contribution in [-0.2, 0) is 24.0 Å². The van der Waals surface area contributed by atoms with E-state index >= 15 is 0 Å². The zero-order valence-corrected chi connectivity index (χ0v) is 18.1. The summed E-state index contributed by atoms with van der Waals surface area (Å²) in [6, 6.07) is -5.58. The molecule has 0 aliphatic rings. The van der Waals surface area contributed by atoms with Crippen molar-refractivity contribution in [2.24, 2.45) is 5.73 Å². The molecule has 0 saturated heterocycles. The van der Waals surface area contributed by atoms with Crippen molar-refractivity contribution < 1.29 is 44.4 Å². The molecule has 0 aromatic rings. The highest BCUT2D eigenvalue weighted by atomic mass is 32.2. The number of aliphatic hydroxyl groups is 2. The predicted molar refractivity (Wildman–Crippen MR) is 110 cm³/mol. The number of hydrogen-bond donors (Lipinski definition) is 8. The number of hydrogen-bond acceptors (Lipinski definition) is 9. The number of thioether (sulfide) groups is 1. The molecule has 5 atom stereocenters. The Bertz CT molecular complexity index is 647. The SMILES string of the molecule is CSCCC(N)C(=O)NC(CO)C(=O)NC(C(=O)NC(CCC(=O)O)C(=O)O)C(C)O. The first-order valence-corrected chi connectivity index (χ1v) is 10.7. The molecule has 0 spiro atoms. The summed E-state index contributed by atoms with van der Waals surface area (Å²) in [5, 5.41) is 43.5. The van der Waals surface area contributed by atoms with Crippen LogP contribution in [0.4, 0.5) is 0 Å². The van der Waals surface area contributed by atoms with Gasteiger partial charge in [0.1, 0.15) is 18.1 Å². The van der Waals surface area contributed by atoms with Gasteiger partial charge in [0.2, 0.25) is 17.7 Å². The maximum atomic E-state index is 12.4. The first-order valence-electron chi connectivity index (χ1n) is 9.33. The van der Waals surface area contributed by atoms with Gasteiger partial charge in [-0.3, -0.25) is 19.2 Å². The van der Waals surface area contributed by atoms with Gasteiger partial charge in [-0.1, -0.05) is 0 Å². The number of nitrogens with one attached hydrogen (secondary N) is 3. The van der Waals surface area contributed by atoms with Crippen molar-refractivity contribution in [2.45, 2.75) is 56.5 Å². The Morgan fingerprint density at radius 2 is 1.52 bits per heavy atom. The van der Waals surface area contributed by atoms with Crippen LogP contribution in [0.25, 0.3) is 0 Å². The van der Waals surface area contributed by atoms with Crippen LogP contribution in [0.3, 0.4) is 0 Å². The molecule has 0 heterocycles. The number of aliphatic hydroxyl groups excluding tert-OH is 2. The van der Waals surface area contributed by atoms with Crippen LogP contribution in [0, 0.1) is 0 Å². The van der Waals surface area contributed by atoms with Crippen molar-refractivity contribution in [1.82, 2.24) is 16.0 Å². The Morgan fingerprint density at radius 3 is 1.97 bits per heavy atom. The molecule has 0 rings (SSSR count). The average molecular weight is 467 g/mol. The van der Waals surface area contributed by atoms with Gasteiger partial charge in [0, 0.05) is 6.42 Å². The van der Waals surface area contributed by atoms with E-state index in [1.165, 1.54) is 11.8 Å². The Kier molecular flexibility index (Phi) is 13.4. The monoisotopic (exact) mass is 466 g/mol. The van der Waals surface area contributed by atoms with E-state index in [1.54, 1.807) is 0 Å². The molecule has 0 bridgehead atoms. The number of carboxylic acids is 2. The summed E-state index contributed by atoms with van der Waals surface area (Å²) in [7, 11) is 0. The summed E-state index contributed by atoms with van der Waals surface area (Å²) < 4.78 is 0. The molecule has 0 aliphatic heterocycles. The zero-order valence-electron chi connectivity index (χ0n) is 17.2. The fourth-order valence-electron chi connectivity index (χ4n) is 2.29. The van der Waals surface area contributed by atoms with E-state index in [4.69, 9.17) is 15.9 Å². The van der Waals surface area contributed by atoms with E-state index in [9.17, 15) is 34.2 Å². The Hall–Kier alpha value is -2.42. The van der Waals surface area contributed by atoms with Crippen molar-refractivity contribution in [3.05, 3.63) is 0 Å². The van der Waals surface area contributed by atoms with Crippen molar-refractivity contribution in [1.29, 1.82) is 0 Å². The highest BCUT2D eigenvalue weighted by molar-refractivity contribution is 7.98. The van der Waals surface area contributed by atoms with E-state index in [0.29, 0.717) is 12.2 Å². The lowest BCUT2D eigenvalue weighted by atomic mass is 10.1. The predicted octanol–water partition coefficient (Wildman–Crippen LogP) is -3.16. The lowest BCUT2D eigenvalue weighted by molar-refractivity contribution is -0.144. The van der Waals surface area contributed by atoms with Gasteiger partial charge >= 0.3 is 11.9 Å². The Morgan fingerprint density at radius 1 is 0.935 bits per heavy atom. The largest absolute Gasteiger partial charge is 0.481 e. The second-order valence-electron chi connectivity index (χ2n) is 6.69. The summed E-state index contributed by atoms with van der Waals surface area (Å²) in [5.74, 6) is -4.95. The van der Waals surface area contributed by atoms with Crippen LogP contribution in [0.15, 0.2) is 0 Å². The maximum absolute atomic E-state index is 12.4. The lowest BCUT2D eigenvalue weighted by Crippen LogP contribution is -2.60. The molecular weight excluding hydrogens is 436 g/mol. The van der Waals surface area contributed by atoms with Gasteiger partial charge < -0.3 is 42.1 Å². The van der Waals surface area contributed by atoms with Gasteiger partial charge in [0.05, 0.1) is 18.8 Å². The highest BCUT2D eigenvalue weighted by Crippen LogP contribution is 2.03. The Balaban J connectivity index is 5.13. The summed E-state index contributed by atoms with van der Waals surface area (Å²) in [4.78, 5) is 58.7. The minimum atomic E-state index is -1.63. The van der Waals surface area contributed by atoms with Crippen LogP contribution in [-0.4, -0.2) is 99.0 Å². The number of amides is 3. The molecule has 31 heavy (non-hydrogen) atoms. The molecule has 9 N–H and O–H groups in total. The molecule has 0 fully saturated rings. The van der Waals surface area contributed by atoms with E-state index in [0.717, 1.165) is 6.92 Å². The molecule has 0 aliphatic carbocycles. The molecular formula is C17H30N4O9S. The lowest BCUT2D eigenvalue weighted by Gasteiger charge is -2.25. The van der Waals surface area contributed by atoms with Gasteiger partial charge in [-0.2, -0.15) is 11.8 Å².